The summed E-state index contributed by atoms with van der Waals surface area (Å²) in [6, 6.07) is 7.25. The van der Waals surface area contributed by atoms with Gasteiger partial charge in [0.15, 0.2) is 10.8 Å². The van der Waals surface area contributed by atoms with Gasteiger partial charge in [0.1, 0.15) is 22.1 Å². The zero-order valence-corrected chi connectivity index (χ0v) is 18.1. The Labute approximate surface area is 177 Å². The number of furan rings is 1. The number of halogens is 1. The minimum Gasteiger partial charge on any atom is -0.459 e. The average Bonchev–Trinajstić information content (AvgIpc) is 3.21. The van der Waals surface area contributed by atoms with Crippen molar-refractivity contribution in [3.8, 4) is 10.8 Å². The van der Waals surface area contributed by atoms with Crippen LogP contribution in [0.4, 0.5) is 20.6 Å². The molecule has 0 atom stereocenters. The summed E-state index contributed by atoms with van der Waals surface area (Å²) in [7, 11) is 0. The first-order valence-electron chi connectivity index (χ1n) is 9.17. The number of aromatic nitrogens is 1. The van der Waals surface area contributed by atoms with E-state index in [4.69, 9.17) is 9.15 Å². The molecule has 0 spiro atoms. The van der Waals surface area contributed by atoms with E-state index in [1.54, 1.807) is 33.8 Å². The number of hydrogen-bond acceptors (Lipinski definition) is 6. The number of carbonyl (C=O) groups is 2. The SMILES string of the molecule is Cc1ccc(-c2nc(C)c(C(=O)Nc3cc(F)ccc3NC(=O)OC(C)(C)C)s2)o1. The zero-order valence-electron chi connectivity index (χ0n) is 17.3. The molecule has 2 amide bonds. The maximum atomic E-state index is 13.8. The maximum Gasteiger partial charge on any atom is 0.412 e. The molecule has 0 unspecified atom stereocenters. The molecule has 3 aromatic rings. The van der Waals surface area contributed by atoms with Crippen LogP contribution in [0.15, 0.2) is 34.7 Å². The van der Waals surface area contributed by atoms with Crippen molar-refractivity contribution in [2.75, 3.05) is 10.6 Å². The molecule has 3 rings (SSSR count). The number of rotatable bonds is 4. The van der Waals surface area contributed by atoms with Crippen molar-refractivity contribution in [3.05, 3.63) is 52.5 Å². The summed E-state index contributed by atoms with van der Waals surface area (Å²) in [6.45, 7) is 8.71. The second-order valence-corrected chi connectivity index (χ2v) is 8.61. The fourth-order valence-electron chi connectivity index (χ4n) is 2.58. The number of anilines is 2. The number of nitrogens with one attached hydrogen (secondary N) is 2. The Morgan fingerprint density at radius 1 is 1.10 bits per heavy atom. The van der Waals surface area contributed by atoms with E-state index in [1.807, 2.05) is 13.0 Å². The lowest BCUT2D eigenvalue weighted by atomic mass is 10.2. The van der Waals surface area contributed by atoms with Crippen molar-refractivity contribution in [2.45, 2.75) is 40.2 Å². The fraction of sp³-hybridized carbons (Fsp3) is 0.286. The molecule has 0 aliphatic rings. The Morgan fingerprint density at radius 2 is 1.83 bits per heavy atom. The summed E-state index contributed by atoms with van der Waals surface area (Å²) >= 11 is 1.16. The lowest BCUT2D eigenvalue weighted by Gasteiger charge is -2.20. The van der Waals surface area contributed by atoms with Crippen LogP contribution in [0.1, 0.15) is 41.9 Å². The van der Waals surface area contributed by atoms with Gasteiger partial charge in [-0.05, 0) is 65.0 Å². The van der Waals surface area contributed by atoms with Crippen LogP contribution in [0, 0.1) is 19.7 Å². The summed E-state index contributed by atoms with van der Waals surface area (Å²) in [5, 5.41) is 5.73. The van der Waals surface area contributed by atoms with Crippen LogP contribution < -0.4 is 10.6 Å². The third kappa shape index (κ3) is 5.24. The van der Waals surface area contributed by atoms with Crippen LogP contribution in [-0.2, 0) is 4.74 Å². The third-order valence-electron chi connectivity index (χ3n) is 3.82. The topological polar surface area (TPSA) is 93.5 Å². The molecule has 7 nitrogen and oxygen atoms in total. The van der Waals surface area contributed by atoms with E-state index < -0.39 is 23.4 Å². The summed E-state index contributed by atoms with van der Waals surface area (Å²) in [6.07, 6.45) is -0.714. The molecule has 0 fully saturated rings. The molecular formula is C21H22FN3O4S. The van der Waals surface area contributed by atoms with Crippen LogP contribution in [0.3, 0.4) is 0 Å². The van der Waals surface area contributed by atoms with E-state index in [1.165, 1.54) is 12.1 Å². The van der Waals surface area contributed by atoms with Gasteiger partial charge in [-0.25, -0.2) is 14.2 Å². The second kappa shape index (κ2) is 8.27. The first kappa shape index (κ1) is 21.5. The molecule has 158 valence electrons. The van der Waals surface area contributed by atoms with Crippen LogP contribution in [0.5, 0.6) is 0 Å². The van der Waals surface area contributed by atoms with Crippen molar-refractivity contribution in [1.82, 2.24) is 4.98 Å². The number of thiazole rings is 1. The van der Waals surface area contributed by atoms with Gasteiger partial charge in [0, 0.05) is 0 Å². The van der Waals surface area contributed by atoms with Gasteiger partial charge in [0.2, 0.25) is 0 Å². The predicted octanol–water partition coefficient (Wildman–Crippen LogP) is 5.76. The van der Waals surface area contributed by atoms with Gasteiger partial charge >= 0.3 is 6.09 Å². The van der Waals surface area contributed by atoms with Crippen molar-refractivity contribution in [3.63, 3.8) is 0 Å². The van der Waals surface area contributed by atoms with Gasteiger partial charge in [-0.2, -0.15) is 0 Å². The minimum absolute atomic E-state index is 0.106. The maximum absolute atomic E-state index is 13.8. The number of amides is 2. The average molecular weight is 431 g/mol. The molecule has 0 saturated heterocycles. The van der Waals surface area contributed by atoms with Crippen LogP contribution >= 0.6 is 11.3 Å². The van der Waals surface area contributed by atoms with Crippen molar-refractivity contribution in [2.24, 2.45) is 0 Å². The fourth-order valence-corrected chi connectivity index (χ4v) is 3.51. The first-order chi connectivity index (χ1) is 14.0. The van der Waals surface area contributed by atoms with Crippen molar-refractivity contribution >= 4 is 34.7 Å². The van der Waals surface area contributed by atoms with Crippen LogP contribution in [0.25, 0.3) is 10.8 Å². The lowest BCUT2D eigenvalue weighted by molar-refractivity contribution is 0.0635. The standard InChI is InChI=1S/C21H22FN3O4S/c1-11-6-9-16(28-11)19-23-12(2)17(30-19)18(26)24-15-10-13(22)7-8-14(15)25-20(27)29-21(3,4)5/h6-10H,1-5H3,(H,24,26)(H,25,27). The Hall–Kier alpha value is -3.20. The molecule has 2 heterocycles. The van der Waals surface area contributed by atoms with E-state index in [-0.39, 0.29) is 11.4 Å². The summed E-state index contributed by atoms with van der Waals surface area (Å²) in [5.74, 6) is 0.268. The summed E-state index contributed by atoms with van der Waals surface area (Å²) in [5.41, 5.74) is 0.130. The highest BCUT2D eigenvalue weighted by Gasteiger charge is 2.21. The van der Waals surface area contributed by atoms with E-state index >= 15 is 0 Å². The van der Waals surface area contributed by atoms with Gasteiger partial charge in [-0.3, -0.25) is 10.1 Å². The normalized spacial score (nSPS) is 11.3. The highest BCUT2D eigenvalue weighted by Crippen LogP contribution is 2.31. The molecule has 2 N–H and O–H groups in total. The second-order valence-electron chi connectivity index (χ2n) is 7.61. The Bertz CT molecular complexity index is 1100. The molecule has 0 bridgehead atoms. The monoisotopic (exact) mass is 431 g/mol. The first-order valence-corrected chi connectivity index (χ1v) is 9.98. The number of aryl methyl sites for hydroxylation is 2. The van der Waals surface area contributed by atoms with Crippen LogP contribution in [0.2, 0.25) is 0 Å². The van der Waals surface area contributed by atoms with Gasteiger partial charge in [0.25, 0.3) is 5.91 Å². The van der Waals surface area contributed by atoms with Crippen LogP contribution in [-0.4, -0.2) is 22.6 Å². The molecule has 0 aliphatic carbocycles. The molecule has 2 aromatic heterocycles. The van der Waals surface area contributed by atoms with Gasteiger partial charge in [-0.1, -0.05) is 0 Å². The number of hydrogen-bond donors (Lipinski definition) is 2. The molecule has 0 radical (unpaired) electrons. The molecule has 0 saturated carbocycles. The lowest BCUT2D eigenvalue weighted by Crippen LogP contribution is -2.27. The third-order valence-corrected chi connectivity index (χ3v) is 4.99. The summed E-state index contributed by atoms with van der Waals surface area (Å²) < 4.78 is 24.6. The zero-order chi connectivity index (χ0) is 22.1. The van der Waals surface area contributed by atoms with Gasteiger partial charge < -0.3 is 14.5 Å². The molecule has 9 heteroatoms. The Balaban J connectivity index is 1.82. The van der Waals surface area contributed by atoms with E-state index in [9.17, 15) is 14.0 Å². The van der Waals surface area contributed by atoms with E-state index in [0.29, 0.717) is 21.3 Å². The highest BCUT2D eigenvalue weighted by atomic mass is 32.1. The smallest absolute Gasteiger partial charge is 0.412 e. The van der Waals surface area contributed by atoms with Crippen molar-refractivity contribution in [1.29, 1.82) is 0 Å². The summed E-state index contributed by atoms with van der Waals surface area (Å²) in [4.78, 5) is 29.6. The predicted molar refractivity (Wildman–Crippen MR) is 113 cm³/mol. The molecule has 1 aromatic carbocycles. The Morgan fingerprint density at radius 3 is 2.47 bits per heavy atom. The number of nitrogens with zero attached hydrogens (tertiary/aromatic N) is 1. The van der Waals surface area contributed by atoms with Crippen molar-refractivity contribution < 1.29 is 23.1 Å². The molecule has 0 aliphatic heterocycles. The molecule has 30 heavy (non-hydrogen) atoms. The largest absolute Gasteiger partial charge is 0.459 e. The van der Waals surface area contributed by atoms with Gasteiger partial charge in [-0.15, -0.1) is 11.3 Å². The van der Waals surface area contributed by atoms with Gasteiger partial charge in [0.05, 0.1) is 17.1 Å². The number of ether oxygens (including phenoxy) is 1. The number of benzene rings is 1. The van der Waals surface area contributed by atoms with E-state index in [0.717, 1.165) is 23.2 Å². The molecular weight excluding hydrogens is 409 g/mol. The number of carbonyl (C=O) groups excluding carboxylic acids is 2. The minimum atomic E-state index is -0.714. The van der Waals surface area contributed by atoms with E-state index in [2.05, 4.69) is 15.6 Å². The quantitative estimate of drug-likeness (QED) is 0.548. The highest BCUT2D eigenvalue weighted by molar-refractivity contribution is 7.17. The Kier molecular flexibility index (Phi) is 5.93.